The highest BCUT2D eigenvalue weighted by Crippen LogP contribution is 2.15. The topological polar surface area (TPSA) is 70.2 Å². The molecule has 0 radical (unpaired) electrons. The van der Waals surface area contributed by atoms with Crippen molar-refractivity contribution in [2.24, 2.45) is 0 Å². The largest absolute Gasteiger partial charge is 0.336 e. The molecule has 0 bridgehead atoms. The first-order valence-electron chi connectivity index (χ1n) is 6.47. The summed E-state index contributed by atoms with van der Waals surface area (Å²) in [6.07, 6.45) is 0. The van der Waals surface area contributed by atoms with Crippen LogP contribution in [0.5, 0.6) is 0 Å². The van der Waals surface area contributed by atoms with Crippen molar-refractivity contribution in [1.29, 1.82) is 0 Å². The van der Waals surface area contributed by atoms with Crippen LogP contribution in [-0.4, -0.2) is 24.5 Å². The number of carbonyl (C=O) groups excluding carboxylic acids is 2. The quantitative estimate of drug-likeness (QED) is 0.780. The van der Waals surface area contributed by atoms with E-state index in [1.54, 1.807) is 12.1 Å². The van der Waals surface area contributed by atoms with E-state index in [0.717, 1.165) is 5.56 Å². The summed E-state index contributed by atoms with van der Waals surface area (Å²) >= 11 is 5.81. The average Bonchev–Trinajstić information content (AvgIpc) is 2.35. The molecule has 0 aliphatic heterocycles. The normalized spacial score (nSPS) is 12.1. The number of halogens is 1. The smallest absolute Gasteiger partial charge is 0.321 e. The Labute approximate surface area is 124 Å². The van der Waals surface area contributed by atoms with Gasteiger partial charge in [-0.1, -0.05) is 23.7 Å². The molecule has 6 heteroatoms. The number of rotatable bonds is 5. The van der Waals surface area contributed by atoms with Crippen LogP contribution in [-0.2, 0) is 4.79 Å². The van der Waals surface area contributed by atoms with Gasteiger partial charge in [-0.25, -0.2) is 4.79 Å². The predicted molar refractivity (Wildman–Crippen MR) is 79.7 cm³/mol. The molecule has 0 heterocycles. The van der Waals surface area contributed by atoms with E-state index in [2.05, 4.69) is 16.0 Å². The molecular formula is C14H20ClN3O2. The third-order valence-corrected chi connectivity index (χ3v) is 2.86. The Balaban J connectivity index is 2.37. The van der Waals surface area contributed by atoms with Gasteiger partial charge in [-0.15, -0.1) is 0 Å². The first-order valence-corrected chi connectivity index (χ1v) is 6.85. The van der Waals surface area contributed by atoms with Crippen molar-refractivity contribution in [3.8, 4) is 0 Å². The van der Waals surface area contributed by atoms with Gasteiger partial charge in [0, 0.05) is 17.1 Å². The highest BCUT2D eigenvalue weighted by molar-refractivity contribution is 6.30. The molecule has 0 unspecified atom stereocenters. The molecule has 20 heavy (non-hydrogen) atoms. The van der Waals surface area contributed by atoms with Crippen molar-refractivity contribution in [2.75, 3.05) is 6.54 Å². The van der Waals surface area contributed by atoms with Gasteiger partial charge in [0.15, 0.2) is 0 Å². The molecule has 110 valence electrons. The van der Waals surface area contributed by atoms with Crippen LogP contribution in [0.3, 0.4) is 0 Å². The van der Waals surface area contributed by atoms with Crippen LogP contribution in [0.15, 0.2) is 24.3 Å². The molecule has 3 N–H and O–H groups in total. The summed E-state index contributed by atoms with van der Waals surface area (Å²) in [6, 6.07) is 6.88. The van der Waals surface area contributed by atoms with Gasteiger partial charge in [0.1, 0.15) is 0 Å². The highest BCUT2D eigenvalue weighted by atomic mass is 35.5. The van der Waals surface area contributed by atoms with E-state index in [0.29, 0.717) is 5.02 Å². The van der Waals surface area contributed by atoms with Crippen LogP contribution in [0, 0.1) is 0 Å². The number of nitrogens with one attached hydrogen (secondary N) is 3. The molecular weight excluding hydrogens is 278 g/mol. The lowest BCUT2D eigenvalue weighted by molar-refractivity contribution is -0.119. The summed E-state index contributed by atoms with van der Waals surface area (Å²) in [7, 11) is 0. The Hall–Kier alpha value is -1.59. The number of imide groups is 1. The summed E-state index contributed by atoms with van der Waals surface area (Å²) in [5.74, 6) is -0.371. The van der Waals surface area contributed by atoms with Crippen molar-refractivity contribution < 1.29 is 9.59 Å². The molecule has 0 saturated carbocycles. The van der Waals surface area contributed by atoms with Gasteiger partial charge in [0.2, 0.25) is 5.91 Å². The highest BCUT2D eigenvalue weighted by Gasteiger charge is 2.10. The Kier molecular flexibility index (Phi) is 6.48. The van der Waals surface area contributed by atoms with Crippen molar-refractivity contribution in [1.82, 2.24) is 16.0 Å². The number of hydrogen-bond donors (Lipinski definition) is 3. The maximum absolute atomic E-state index is 11.6. The molecule has 0 fully saturated rings. The van der Waals surface area contributed by atoms with E-state index >= 15 is 0 Å². The summed E-state index contributed by atoms with van der Waals surface area (Å²) < 4.78 is 0. The van der Waals surface area contributed by atoms with E-state index in [4.69, 9.17) is 11.6 Å². The molecule has 5 nitrogen and oxygen atoms in total. The van der Waals surface area contributed by atoms with Crippen molar-refractivity contribution >= 4 is 23.5 Å². The maximum Gasteiger partial charge on any atom is 0.321 e. The average molecular weight is 298 g/mol. The van der Waals surface area contributed by atoms with Crippen LogP contribution in [0.1, 0.15) is 32.4 Å². The van der Waals surface area contributed by atoms with E-state index in [9.17, 15) is 9.59 Å². The maximum atomic E-state index is 11.6. The number of hydrogen-bond acceptors (Lipinski definition) is 3. The molecule has 0 spiro atoms. The van der Waals surface area contributed by atoms with Gasteiger partial charge in [-0.05, 0) is 38.5 Å². The van der Waals surface area contributed by atoms with Crippen LogP contribution in [0.4, 0.5) is 4.79 Å². The Morgan fingerprint density at radius 3 is 2.30 bits per heavy atom. The number of carbonyl (C=O) groups is 2. The van der Waals surface area contributed by atoms with Crippen molar-refractivity contribution in [2.45, 2.75) is 32.9 Å². The summed E-state index contributed by atoms with van der Waals surface area (Å²) in [6.45, 7) is 5.65. The Morgan fingerprint density at radius 2 is 1.75 bits per heavy atom. The van der Waals surface area contributed by atoms with Crippen molar-refractivity contribution in [3.05, 3.63) is 34.9 Å². The predicted octanol–water partition coefficient (Wildman–Crippen LogP) is 2.22. The number of benzene rings is 1. The fraction of sp³-hybridized carbons (Fsp3) is 0.429. The Morgan fingerprint density at radius 1 is 1.15 bits per heavy atom. The van der Waals surface area contributed by atoms with Crippen LogP contribution >= 0.6 is 11.6 Å². The summed E-state index contributed by atoms with van der Waals surface area (Å²) in [5.41, 5.74) is 1.02. The molecule has 0 aliphatic rings. The number of amides is 3. The van der Waals surface area contributed by atoms with E-state index in [1.165, 1.54) is 0 Å². The monoisotopic (exact) mass is 297 g/mol. The second-order valence-corrected chi connectivity index (χ2v) is 5.27. The standard InChI is InChI=1S/C14H20ClN3O2/c1-9(2)17-14(20)18-13(19)8-16-10(3)11-4-6-12(15)7-5-11/h4-7,9-10,16H,8H2,1-3H3,(H2,17,18,19,20)/t10-/m0/s1. The minimum absolute atomic E-state index is 0.00817. The number of urea groups is 1. The minimum Gasteiger partial charge on any atom is -0.336 e. The van der Waals surface area contributed by atoms with E-state index in [-0.39, 0.29) is 24.5 Å². The molecule has 1 aromatic carbocycles. The van der Waals surface area contributed by atoms with Gasteiger partial charge < -0.3 is 10.6 Å². The molecule has 0 saturated heterocycles. The van der Waals surface area contributed by atoms with Gasteiger partial charge in [-0.2, -0.15) is 0 Å². The molecule has 1 aromatic rings. The molecule has 1 rings (SSSR count). The molecule has 1 atom stereocenters. The first kappa shape index (κ1) is 16.5. The summed E-state index contributed by atoms with van der Waals surface area (Å²) in [4.78, 5) is 22.9. The Bertz CT molecular complexity index is 460. The lowest BCUT2D eigenvalue weighted by Gasteiger charge is -2.14. The fourth-order valence-electron chi connectivity index (χ4n) is 1.58. The summed E-state index contributed by atoms with van der Waals surface area (Å²) in [5, 5.41) is 8.55. The molecule has 3 amide bonds. The van der Waals surface area contributed by atoms with Gasteiger partial charge in [-0.3, -0.25) is 10.1 Å². The molecule has 0 aromatic heterocycles. The lowest BCUT2D eigenvalue weighted by atomic mass is 10.1. The third kappa shape index (κ3) is 6.04. The van der Waals surface area contributed by atoms with Gasteiger partial charge in [0.05, 0.1) is 6.54 Å². The van der Waals surface area contributed by atoms with Crippen LogP contribution in [0.2, 0.25) is 5.02 Å². The second kappa shape index (κ2) is 7.87. The van der Waals surface area contributed by atoms with E-state index in [1.807, 2.05) is 32.9 Å². The minimum atomic E-state index is -0.481. The fourth-order valence-corrected chi connectivity index (χ4v) is 1.71. The molecule has 0 aliphatic carbocycles. The zero-order valence-corrected chi connectivity index (χ0v) is 12.6. The first-order chi connectivity index (χ1) is 9.38. The third-order valence-electron chi connectivity index (χ3n) is 2.61. The van der Waals surface area contributed by atoms with Gasteiger partial charge >= 0.3 is 6.03 Å². The van der Waals surface area contributed by atoms with Crippen LogP contribution in [0.25, 0.3) is 0 Å². The van der Waals surface area contributed by atoms with Crippen molar-refractivity contribution in [3.63, 3.8) is 0 Å². The van der Waals surface area contributed by atoms with Gasteiger partial charge in [0.25, 0.3) is 0 Å². The zero-order chi connectivity index (χ0) is 15.1. The lowest BCUT2D eigenvalue weighted by Crippen LogP contribution is -2.45. The second-order valence-electron chi connectivity index (χ2n) is 4.83. The van der Waals surface area contributed by atoms with Crippen LogP contribution < -0.4 is 16.0 Å². The SMILES string of the molecule is CC(C)NC(=O)NC(=O)CN[C@@H](C)c1ccc(Cl)cc1. The zero-order valence-electron chi connectivity index (χ0n) is 11.9. The van der Waals surface area contributed by atoms with E-state index < -0.39 is 6.03 Å².